The third kappa shape index (κ3) is 2.05. The van der Waals surface area contributed by atoms with Crippen molar-refractivity contribution in [1.29, 1.82) is 0 Å². The maximum atomic E-state index is 11.5. The Bertz CT molecular complexity index is 436. The highest BCUT2D eigenvalue weighted by atomic mass is 35.5. The topological polar surface area (TPSA) is 52.3 Å². The number of fused-ring (bicyclic) bond motifs is 1. The van der Waals surface area contributed by atoms with Crippen molar-refractivity contribution in [2.75, 3.05) is 12.9 Å². The first-order chi connectivity index (χ1) is 7.63. The molecule has 1 aromatic rings. The first-order valence-electron chi connectivity index (χ1n) is 4.93. The molecule has 1 atom stereocenters. The number of methoxy groups -OCH3 is 1. The fourth-order valence-electron chi connectivity index (χ4n) is 1.70. The molecule has 2 rings (SSSR count). The molecule has 1 aliphatic heterocycles. The Balaban J connectivity index is 2.48. The van der Waals surface area contributed by atoms with E-state index in [4.69, 9.17) is 17.3 Å². The van der Waals surface area contributed by atoms with Crippen LogP contribution in [0.25, 0.3) is 0 Å². The molecule has 5 heteroatoms. The van der Waals surface area contributed by atoms with Gasteiger partial charge < -0.3 is 10.5 Å². The van der Waals surface area contributed by atoms with Crippen LogP contribution in [0.3, 0.4) is 0 Å². The number of ether oxygens (including phenoxy) is 1. The monoisotopic (exact) mass is 257 g/mol. The first kappa shape index (κ1) is 11.8. The average Bonchev–Trinajstić information content (AvgIpc) is 2.29. The molecule has 0 bridgehead atoms. The van der Waals surface area contributed by atoms with Crippen molar-refractivity contribution >= 4 is 29.3 Å². The van der Waals surface area contributed by atoms with Crippen LogP contribution in [-0.2, 0) is 4.74 Å². The predicted octanol–water partition coefficient (Wildman–Crippen LogP) is 2.62. The number of benzene rings is 1. The van der Waals surface area contributed by atoms with E-state index in [1.165, 1.54) is 7.11 Å². The third-order valence-corrected chi connectivity index (χ3v) is 4.01. The average molecular weight is 258 g/mol. The van der Waals surface area contributed by atoms with Crippen LogP contribution in [0.5, 0.6) is 0 Å². The van der Waals surface area contributed by atoms with E-state index in [9.17, 15) is 4.79 Å². The Morgan fingerprint density at radius 1 is 1.62 bits per heavy atom. The summed E-state index contributed by atoms with van der Waals surface area (Å²) in [7, 11) is 1.34. The van der Waals surface area contributed by atoms with E-state index in [1.54, 1.807) is 23.9 Å². The van der Waals surface area contributed by atoms with Gasteiger partial charge in [0.25, 0.3) is 0 Å². The number of hydrogen-bond donors (Lipinski definition) is 1. The van der Waals surface area contributed by atoms with Gasteiger partial charge in [0.15, 0.2) is 0 Å². The van der Waals surface area contributed by atoms with Gasteiger partial charge in [0, 0.05) is 10.9 Å². The summed E-state index contributed by atoms with van der Waals surface area (Å²) in [6.45, 7) is 0. The zero-order valence-electron chi connectivity index (χ0n) is 8.83. The molecule has 1 aliphatic rings. The number of esters is 1. The van der Waals surface area contributed by atoms with Crippen molar-refractivity contribution in [2.24, 2.45) is 5.73 Å². The van der Waals surface area contributed by atoms with Crippen LogP contribution in [0, 0.1) is 0 Å². The van der Waals surface area contributed by atoms with Gasteiger partial charge in [0.1, 0.15) is 0 Å². The molecule has 0 aliphatic carbocycles. The fourth-order valence-corrected chi connectivity index (χ4v) is 3.12. The molecule has 0 saturated heterocycles. The summed E-state index contributed by atoms with van der Waals surface area (Å²) in [5, 5.41) is 0.406. The van der Waals surface area contributed by atoms with Gasteiger partial charge in [-0.15, -0.1) is 11.8 Å². The normalized spacial score (nSPS) is 19.1. The summed E-state index contributed by atoms with van der Waals surface area (Å²) in [6, 6.07) is 3.56. The fraction of sp³-hybridized carbons (Fsp3) is 0.364. The van der Waals surface area contributed by atoms with Crippen LogP contribution in [0.2, 0.25) is 5.02 Å². The smallest absolute Gasteiger partial charge is 0.339 e. The van der Waals surface area contributed by atoms with Crippen molar-refractivity contribution in [3.8, 4) is 0 Å². The number of carbonyl (C=O) groups excluding carboxylic acids is 1. The Morgan fingerprint density at radius 2 is 2.38 bits per heavy atom. The first-order valence-corrected chi connectivity index (χ1v) is 6.30. The molecule has 3 nitrogen and oxygen atoms in total. The molecule has 86 valence electrons. The molecule has 2 N–H and O–H groups in total. The minimum atomic E-state index is -0.410. The van der Waals surface area contributed by atoms with E-state index in [1.807, 2.05) is 0 Å². The van der Waals surface area contributed by atoms with Gasteiger partial charge >= 0.3 is 5.97 Å². The number of nitrogens with two attached hydrogens (primary N) is 1. The summed E-state index contributed by atoms with van der Waals surface area (Å²) in [4.78, 5) is 12.5. The second-order valence-electron chi connectivity index (χ2n) is 3.61. The van der Waals surface area contributed by atoms with Gasteiger partial charge in [0.2, 0.25) is 0 Å². The molecule has 1 unspecified atom stereocenters. The maximum Gasteiger partial charge on any atom is 0.339 e. The Kier molecular flexibility index (Phi) is 3.42. The molecule has 0 radical (unpaired) electrons. The summed E-state index contributed by atoms with van der Waals surface area (Å²) in [5.74, 6) is 0.559. The summed E-state index contributed by atoms with van der Waals surface area (Å²) >= 11 is 7.73. The van der Waals surface area contributed by atoms with E-state index in [2.05, 4.69) is 4.74 Å². The number of carbonyl (C=O) groups is 1. The lowest BCUT2D eigenvalue weighted by Gasteiger charge is -2.22. The Morgan fingerprint density at radius 3 is 3.06 bits per heavy atom. The molecule has 0 aromatic heterocycles. The molecule has 0 spiro atoms. The van der Waals surface area contributed by atoms with E-state index >= 15 is 0 Å². The van der Waals surface area contributed by atoms with Crippen LogP contribution in [0.4, 0.5) is 0 Å². The van der Waals surface area contributed by atoms with Crippen molar-refractivity contribution < 1.29 is 9.53 Å². The van der Waals surface area contributed by atoms with E-state index in [0.29, 0.717) is 10.6 Å². The lowest BCUT2D eigenvalue weighted by molar-refractivity contribution is 0.0600. The van der Waals surface area contributed by atoms with Gasteiger partial charge in [-0.3, -0.25) is 0 Å². The zero-order valence-corrected chi connectivity index (χ0v) is 10.4. The van der Waals surface area contributed by atoms with Crippen LogP contribution in [-0.4, -0.2) is 18.8 Å². The highest BCUT2D eigenvalue weighted by Gasteiger charge is 2.21. The van der Waals surface area contributed by atoms with E-state index < -0.39 is 5.97 Å². The molecule has 1 heterocycles. The van der Waals surface area contributed by atoms with Crippen molar-refractivity contribution in [3.63, 3.8) is 0 Å². The highest BCUT2D eigenvalue weighted by molar-refractivity contribution is 7.99. The quantitative estimate of drug-likeness (QED) is 0.786. The number of hydrogen-bond acceptors (Lipinski definition) is 4. The molecule has 16 heavy (non-hydrogen) atoms. The van der Waals surface area contributed by atoms with Gasteiger partial charge in [-0.25, -0.2) is 4.79 Å². The molecule has 0 fully saturated rings. The van der Waals surface area contributed by atoms with Crippen LogP contribution in [0.1, 0.15) is 28.4 Å². The number of rotatable bonds is 1. The van der Waals surface area contributed by atoms with Crippen LogP contribution >= 0.6 is 23.4 Å². The second-order valence-corrected chi connectivity index (χ2v) is 5.15. The van der Waals surface area contributed by atoms with Crippen molar-refractivity contribution in [2.45, 2.75) is 17.4 Å². The lowest BCUT2D eigenvalue weighted by atomic mass is 10.0. The molecular weight excluding hydrogens is 246 g/mol. The summed E-state index contributed by atoms with van der Waals surface area (Å²) < 4.78 is 4.67. The van der Waals surface area contributed by atoms with Gasteiger partial charge in [0.05, 0.1) is 17.7 Å². The van der Waals surface area contributed by atoms with Gasteiger partial charge in [-0.2, -0.15) is 0 Å². The van der Waals surface area contributed by atoms with Crippen LogP contribution < -0.4 is 5.73 Å². The number of thioether (sulfide) groups is 1. The largest absolute Gasteiger partial charge is 0.465 e. The molecule has 0 amide bonds. The van der Waals surface area contributed by atoms with Gasteiger partial charge in [-0.05, 0) is 29.9 Å². The molecule has 1 aromatic carbocycles. The standard InChI is InChI=1S/C11H12ClNO2S/c1-15-11(14)6-5-10-7(4-8(6)12)9(13)2-3-16-10/h4-5,9H,2-3,13H2,1H3. The third-order valence-electron chi connectivity index (χ3n) is 2.59. The summed E-state index contributed by atoms with van der Waals surface area (Å²) in [6.07, 6.45) is 0.936. The highest BCUT2D eigenvalue weighted by Crippen LogP contribution is 2.38. The SMILES string of the molecule is COC(=O)c1cc2c(cc1Cl)C(N)CCS2. The molecule has 0 saturated carbocycles. The number of halogens is 1. The van der Waals surface area contributed by atoms with Crippen molar-refractivity contribution in [3.05, 3.63) is 28.3 Å². The summed E-state index contributed by atoms with van der Waals surface area (Å²) in [5.41, 5.74) is 7.41. The minimum absolute atomic E-state index is 0.0143. The van der Waals surface area contributed by atoms with Crippen LogP contribution in [0.15, 0.2) is 17.0 Å². The Hall–Kier alpha value is -0.710. The van der Waals surface area contributed by atoms with E-state index in [-0.39, 0.29) is 6.04 Å². The minimum Gasteiger partial charge on any atom is -0.465 e. The van der Waals surface area contributed by atoms with Crippen molar-refractivity contribution in [1.82, 2.24) is 0 Å². The second kappa shape index (κ2) is 4.65. The maximum absolute atomic E-state index is 11.5. The Labute approximate surface area is 103 Å². The predicted molar refractivity (Wildman–Crippen MR) is 65.1 cm³/mol. The van der Waals surface area contributed by atoms with E-state index in [0.717, 1.165) is 22.6 Å². The van der Waals surface area contributed by atoms with Gasteiger partial charge in [-0.1, -0.05) is 11.6 Å². The zero-order chi connectivity index (χ0) is 11.7. The lowest BCUT2D eigenvalue weighted by Crippen LogP contribution is -2.17. The molecular formula is C11H12ClNO2S.